The lowest BCUT2D eigenvalue weighted by atomic mass is 9.95. The summed E-state index contributed by atoms with van der Waals surface area (Å²) in [5.74, 6) is 0. The molecule has 23 heavy (non-hydrogen) atoms. The van der Waals surface area contributed by atoms with Crippen LogP contribution in [0.2, 0.25) is 0 Å². The monoisotopic (exact) mass is 366 g/mol. The molecule has 1 saturated heterocycles. The summed E-state index contributed by atoms with van der Waals surface area (Å²) in [6.07, 6.45) is 3.14. The van der Waals surface area contributed by atoms with E-state index in [4.69, 9.17) is 28.9 Å². The van der Waals surface area contributed by atoms with Crippen molar-refractivity contribution < 1.29 is 4.79 Å². The Morgan fingerprint density at radius 2 is 1.96 bits per heavy atom. The van der Waals surface area contributed by atoms with E-state index in [9.17, 15) is 4.79 Å². The van der Waals surface area contributed by atoms with Gasteiger partial charge in [-0.3, -0.25) is 10.6 Å². The highest BCUT2D eigenvalue weighted by Crippen LogP contribution is 2.27. The molecule has 2 amide bonds. The first-order valence-electron chi connectivity index (χ1n) is 8.28. The summed E-state index contributed by atoms with van der Waals surface area (Å²) in [6.45, 7) is 3.41. The first kappa shape index (κ1) is 19.0. The molecule has 1 saturated carbocycles. The van der Waals surface area contributed by atoms with Crippen molar-refractivity contribution in [3.05, 3.63) is 0 Å². The fraction of sp³-hybridized carbons (Fsp3) is 0.929. The van der Waals surface area contributed by atoms with Crippen molar-refractivity contribution in [2.45, 2.75) is 67.9 Å². The van der Waals surface area contributed by atoms with E-state index in [1.165, 1.54) is 0 Å². The van der Waals surface area contributed by atoms with Gasteiger partial charge < -0.3 is 21.7 Å². The molecule has 0 aromatic heterocycles. The molecule has 9 heteroatoms. The van der Waals surface area contributed by atoms with Crippen LogP contribution in [-0.2, 0) is 0 Å². The minimum atomic E-state index is -0.287. The van der Waals surface area contributed by atoms with E-state index < -0.39 is 0 Å². The van der Waals surface area contributed by atoms with E-state index in [1.54, 1.807) is 0 Å². The van der Waals surface area contributed by atoms with Crippen LogP contribution in [0.5, 0.6) is 0 Å². The number of carbonyl (C=O) groups excluding carboxylic acids is 1. The summed E-state index contributed by atoms with van der Waals surface area (Å²) in [5.41, 5.74) is 5.51. The van der Waals surface area contributed by atoms with Crippen LogP contribution in [0, 0.1) is 0 Å². The third kappa shape index (κ3) is 6.25. The first-order chi connectivity index (χ1) is 11.0. The Hall–Kier alpha value is -0.310. The zero-order chi connectivity index (χ0) is 16.8. The number of rotatable bonds is 5. The minimum absolute atomic E-state index is 0.00492. The lowest BCUT2D eigenvalue weighted by molar-refractivity contribution is 0.185. The van der Waals surface area contributed by atoms with E-state index in [1.807, 2.05) is 0 Å². The molecule has 7 N–H and O–H groups in total. The average molecular weight is 367 g/mol. The maximum absolute atomic E-state index is 12.2. The third-order valence-electron chi connectivity index (χ3n) is 4.25. The normalized spacial score (nSPS) is 38.1. The Bertz CT molecular complexity index is 388. The predicted octanol–water partition coefficient (Wildman–Crippen LogP) is 0.182. The molecule has 6 unspecified atom stereocenters. The van der Waals surface area contributed by atoms with Crippen molar-refractivity contribution in [3.8, 4) is 0 Å². The van der Waals surface area contributed by atoms with Crippen LogP contribution < -0.4 is 32.3 Å². The molecule has 1 aliphatic heterocycles. The molecule has 1 aliphatic carbocycles. The van der Waals surface area contributed by atoms with Gasteiger partial charge in [-0.2, -0.15) is 0 Å². The summed E-state index contributed by atoms with van der Waals surface area (Å²) in [7, 11) is 0. The summed E-state index contributed by atoms with van der Waals surface area (Å²) in [6, 6.07) is 0.152. The zero-order valence-corrected chi connectivity index (χ0v) is 15.0. The lowest BCUT2D eigenvalue weighted by Gasteiger charge is -2.37. The van der Waals surface area contributed by atoms with Gasteiger partial charge in [-0.25, -0.2) is 4.79 Å². The van der Waals surface area contributed by atoms with Crippen molar-refractivity contribution in [3.63, 3.8) is 0 Å². The summed E-state index contributed by atoms with van der Waals surface area (Å²) in [5, 5.41) is 15.7. The average Bonchev–Trinajstić information content (AvgIpc) is 2.48. The molecule has 1 heterocycles. The van der Waals surface area contributed by atoms with Gasteiger partial charge in [0.15, 0.2) is 0 Å². The molecule has 2 fully saturated rings. The Morgan fingerprint density at radius 3 is 2.65 bits per heavy atom. The van der Waals surface area contributed by atoms with Crippen molar-refractivity contribution >= 4 is 29.2 Å². The van der Waals surface area contributed by atoms with Crippen molar-refractivity contribution in [2.75, 3.05) is 13.1 Å². The SMILES string of the molecule is CC1CC(NCCN)NC(NC(=O)NC2CCC(Cl)C(Cl)C2)N1. The largest absolute Gasteiger partial charge is 0.335 e. The van der Waals surface area contributed by atoms with Crippen LogP contribution >= 0.6 is 23.2 Å². The molecule has 0 bridgehead atoms. The van der Waals surface area contributed by atoms with Crippen LogP contribution in [-0.4, -0.2) is 54.4 Å². The highest BCUT2D eigenvalue weighted by molar-refractivity contribution is 6.30. The quantitative estimate of drug-likeness (QED) is 0.389. The fourth-order valence-electron chi connectivity index (χ4n) is 3.07. The van der Waals surface area contributed by atoms with Gasteiger partial charge in [-0.15, -0.1) is 23.2 Å². The summed E-state index contributed by atoms with van der Waals surface area (Å²) >= 11 is 12.3. The number of hydrogen-bond donors (Lipinski definition) is 6. The molecule has 7 nitrogen and oxygen atoms in total. The Labute approximate surface area is 147 Å². The highest BCUT2D eigenvalue weighted by Gasteiger charge is 2.30. The smallest absolute Gasteiger partial charge is 0.317 e. The summed E-state index contributed by atoms with van der Waals surface area (Å²) < 4.78 is 0. The Morgan fingerprint density at radius 1 is 1.17 bits per heavy atom. The molecule has 0 aromatic carbocycles. The van der Waals surface area contributed by atoms with Crippen LogP contribution in [0.15, 0.2) is 0 Å². The van der Waals surface area contributed by atoms with Crippen LogP contribution in [0.1, 0.15) is 32.6 Å². The number of halogens is 2. The van der Waals surface area contributed by atoms with Gasteiger partial charge in [0.05, 0.1) is 16.9 Å². The van der Waals surface area contributed by atoms with Gasteiger partial charge in [-0.05, 0) is 32.6 Å². The fourth-order valence-corrected chi connectivity index (χ4v) is 3.64. The third-order valence-corrected chi connectivity index (χ3v) is 5.38. The number of urea groups is 1. The van der Waals surface area contributed by atoms with Gasteiger partial charge in [0.2, 0.25) is 0 Å². The maximum Gasteiger partial charge on any atom is 0.317 e. The zero-order valence-electron chi connectivity index (χ0n) is 13.4. The second kappa shape index (κ2) is 9.25. The number of amides is 2. The van der Waals surface area contributed by atoms with Gasteiger partial charge in [-0.1, -0.05) is 0 Å². The minimum Gasteiger partial charge on any atom is -0.335 e. The van der Waals surface area contributed by atoms with Gasteiger partial charge in [0, 0.05) is 25.2 Å². The first-order valence-corrected chi connectivity index (χ1v) is 9.16. The number of nitrogens with two attached hydrogens (primary N) is 1. The van der Waals surface area contributed by atoms with Crippen molar-refractivity contribution in [1.82, 2.24) is 26.6 Å². The molecule has 2 rings (SSSR count). The number of nitrogens with one attached hydrogen (secondary N) is 5. The maximum atomic E-state index is 12.2. The molecular weight excluding hydrogens is 339 g/mol. The van der Waals surface area contributed by atoms with E-state index in [0.717, 1.165) is 25.8 Å². The van der Waals surface area contributed by atoms with Crippen LogP contribution in [0.3, 0.4) is 0 Å². The van der Waals surface area contributed by atoms with E-state index >= 15 is 0 Å². The number of hydrogen-bond acceptors (Lipinski definition) is 5. The van der Waals surface area contributed by atoms with E-state index in [-0.39, 0.29) is 41.3 Å². The molecule has 0 spiro atoms. The second-order valence-corrected chi connectivity index (χ2v) is 7.48. The molecule has 2 aliphatic rings. The van der Waals surface area contributed by atoms with Crippen LogP contribution in [0.4, 0.5) is 4.79 Å². The van der Waals surface area contributed by atoms with Gasteiger partial charge in [0.1, 0.15) is 6.29 Å². The van der Waals surface area contributed by atoms with Gasteiger partial charge in [0.25, 0.3) is 0 Å². The standard InChI is InChI=1S/C14H28Cl2N6O/c1-8-6-12(18-5-4-17)21-13(19-8)22-14(23)20-9-2-3-10(15)11(16)7-9/h8-13,18-19,21H,2-7,17H2,1H3,(H2,20,22,23). The topological polar surface area (TPSA) is 103 Å². The molecule has 0 radical (unpaired) electrons. The molecule has 134 valence electrons. The van der Waals surface area contributed by atoms with E-state index in [2.05, 4.69) is 33.5 Å². The molecule has 0 aromatic rings. The number of alkyl halides is 2. The van der Waals surface area contributed by atoms with Crippen molar-refractivity contribution in [2.24, 2.45) is 5.73 Å². The molecular formula is C14H28Cl2N6O. The lowest BCUT2D eigenvalue weighted by Crippen LogP contribution is -2.68. The second-order valence-electron chi connectivity index (χ2n) is 6.36. The highest BCUT2D eigenvalue weighted by atomic mass is 35.5. The number of carbonyl (C=O) groups is 1. The predicted molar refractivity (Wildman–Crippen MR) is 93.6 cm³/mol. The van der Waals surface area contributed by atoms with Crippen molar-refractivity contribution in [1.29, 1.82) is 0 Å². The van der Waals surface area contributed by atoms with E-state index in [0.29, 0.717) is 13.0 Å². The Balaban J connectivity index is 1.75. The van der Waals surface area contributed by atoms with Crippen LogP contribution in [0.25, 0.3) is 0 Å². The molecule has 6 atom stereocenters. The Kier molecular flexibility index (Phi) is 7.65. The summed E-state index contributed by atoms with van der Waals surface area (Å²) in [4.78, 5) is 12.2. The van der Waals surface area contributed by atoms with Gasteiger partial charge >= 0.3 is 6.03 Å².